The molecule has 2 heteroatoms. The van der Waals surface area contributed by atoms with E-state index in [1.54, 1.807) is 12.1 Å². The second-order valence-corrected chi connectivity index (χ2v) is 5.51. The smallest absolute Gasteiger partial charge is 0.115 e. The van der Waals surface area contributed by atoms with E-state index in [0.29, 0.717) is 11.7 Å². The number of aromatic hydroxyl groups is 1. The molecule has 0 amide bonds. The molecule has 0 bridgehead atoms. The zero-order chi connectivity index (χ0) is 10.7. The minimum Gasteiger partial charge on any atom is -0.508 e. The third kappa shape index (κ3) is 2.69. The summed E-state index contributed by atoms with van der Waals surface area (Å²) in [4.78, 5) is 0. The van der Waals surface area contributed by atoms with E-state index in [1.165, 1.54) is 29.9 Å². The van der Waals surface area contributed by atoms with E-state index in [2.05, 4.69) is 30.8 Å². The lowest BCUT2D eigenvalue weighted by molar-refractivity contribution is 0.446. The molecule has 1 fully saturated rings. The maximum absolute atomic E-state index is 9.24. The summed E-state index contributed by atoms with van der Waals surface area (Å²) in [6.45, 7) is 2.31. The first-order chi connectivity index (χ1) is 7.27. The van der Waals surface area contributed by atoms with Gasteiger partial charge in [-0.25, -0.2) is 0 Å². The Labute approximate surface area is 95.9 Å². The van der Waals surface area contributed by atoms with Crippen LogP contribution in [-0.4, -0.2) is 16.6 Å². The highest BCUT2D eigenvalue weighted by atomic mass is 32.2. The Balaban J connectivity index is 2.05. The summed E-state index contributed by atoms with van der Waals surface area (Å²) in [7, 11) is 0. The van der Waals surface area contributed by atoms with Crippen LogP contribution in [0.25, 0.3) is 0 Å². The molecule has 0 aromatic heterocycles. The zero-order valence-electron chi connectivity index (χ0n) is 9.15. The van der Waals surface area contributed by atoms with Crippen LogP contribution >= 0.6 is 11.8 Å². The first kappa shape index (κ1) is 10.9. The summed E-state index contributed by atoms with van der Waals surface area (Å²) in [5.41, 5.74) is 1.36. The number of hydrogen-bond donors (Lipinski definition) is 1. The van der Waals surface area contributed by atoms with Crippen LogP contribution in [0.1, 0.15) is 31.2 Å². The molecule has 1 saturated heterocycles. The molecule has 1 aliphatic heterocycles. The normalized spacial score (nSPS) is 23.7. The fourth-order valence-electron chi connectivity index (χ4n) is 2.21. The van der Waals surface area contributed by atoms with Crippen molar-refractivity contribution in [2.24, 2.45) is 5.92 Å². The number of thioether (sulfide) groups is 1. The highest BCUT2D eigenvalue weighted by Gasteiger charge is 2.21. The van der Waals surface area contributed by atoms with Crippen molar-refractivity contribution in [2.75, 3.05) is 11.5 Å². The van der Waals surface area contributed by atoms with Crippen molar-refractivity contribution < 1.29 is 5.11 Å². The van der Waals surface area contributed by atoms with Gasteiger partial charge in [-0.15, -0.1) is 0 Å². The van der Waals surface area contributed by atoms with Crippen molar-refractivity contribution in [2.45, 2.75) is 25.7 Å². The Morgan fingerprint density at radius 3 is 2.67 bits per heavy atom. The molecule has 1 aromatic carbocycles. The SMILES string of the molecule is CC(c1ccc(O)cc1)C1CCCSC1. The number of phenolic OH excluding ortho intramolecular Hbond substituents is 1. The lowest BCUT2D eigenvalue weighted by Gasteiger charge is -2.27. The summed E-state index contributed by atoms with van der Waals surface area (Å²) < 4.78 is 0. The average molecular weight is 222 g/mol. The summed E-state index contributed by atoms with van der Waals surface area (Å²) in [6, 6.07) is 7.70. The van der Waals surface area contributed by atoms with E-state index in [-0.39, 0.29) is 0 Å². The summed E-state index contributed by atoms with van der Waals surface area (Å²) in [5.74, 6) is 4.43. The molecule has 1 heterocycles. The third-order valence-electron chi connectivity index (χ3n) is 3.32. The molecule has 15 heavy (non-hydrogen) atoms. The van der Waals surface area contributed by atoms with Gasteiger partial charge < -0.3 is 5.11 Å². The van der Waals surface area contributed by atoms with Crippen LogP contribution in [0.4, 0.5) is 0 Å². The highest BCUT2D eigenvalue weighted by Crippen LogP contribution is 2.34. The van der Waals surface area contributed by atoms with E-state index < -0.39 is 0 Å². The third-order valence-corrected chi connectivity index (χ3v) is 4.56. The van der Waals surface area contributed by atoms with Crippen LogP contribution in [0.2, 0.25) is 0 Å². The molecular formula is C13H18OS. The van der Waals surface area contributed by atoms with E-state index >= 15 is 0 Å². The van der Waals surface area contributed by atoms with Gasteiger partial charge in [0.15, 0.2) is 0 Å². The maximum atomic E-state index is 9.24. The molecule has 1 N–H and O–H groups in total. The lowest BCUT2D eigenvalue weighted by Crippen LogP contribution is -2.17. The maximum Gasteiger partial charge on any atom is 0.115 e. The van der Waals surface area contributed by atoms with Crippen LogP contribution < -0.4 is 0 Å². The van der Waals surface area contributed by atoms with Gasteiger partial charge in [0, 0.05) is 0 Å². The Kier molecular flexibility index (Phi) is 3.57. The van der Waals surface area contributed by atoms with Crippen LogP contribution in [0.3, 0.4) is 0 Å². The predicted molar refractivity (Wildman–Crippen MR) is 66.6 cm³/mol. The molecule has 0 spiro atoms. The lowest BCUT2D eigenvalue weighted by atomic mass is 9.86. The number of hydrogen-bond acceptors (Lipinski definition) is 2. The molecule has 0 saturated carbocycles. The van der Waals surface area contributed by atoms with Gasteiger partial charge in [0.05, 0.1) is 0 Å². The fourth-order valence-corrected chi connectivity index (χ4v) is 3.51. The van der Waals surface area contributed by atoms with Crippen LogP contribution in [-0.2, 0) is 0 Å². The molecular weight excluding hydrogens is 204 g/mol. The Morgan fingerprint density at radius 2 is 2.07 bits per heavy atom. The van der Waals surface area contributed by atoms with Gasteiger partial charge in [-0.3, -0.25) is 0 Å². The zero-order valence-corrected chi connectivity index (χ0v) is 9.96. The summed E-state index contributed by atoms with van der Waals surface area (Å²) >= 11 is 2.08. The van der Waals surface area contributed by atoms with Crippen LogP contribution in [0, 0.1) is 5.92 Å². The van der Waals surface area contributed by atoms with E-state index in [0.717, 1.165) is 5.92 Å². The molecule has 82 valence electrons. The quantitative estimate of drug-likeness (QED) is 0.824. The molecule has 2 unspecified atom stereocenters. The molecule has 1 aromatic rings. The summed E-state index contributed by atoms with van der Waals surface area (Å²) in [6.07, 6.45) is 2.72. The van der Waals surface area contributed by atoms with Crippen molar-refractivity contribution in [1.82, 2.24) is 0 Å². The Bertz CT molecular complexity index is 301. The van der Waals surface area contributed by atoms with Gasteiger partial charge in [0.25, 0.3) is 0 Å². The van der Waals surface area contributed by atoms with Crippen molar-refractivity contribution in [3.8, 4) is 5.75 Å². The monoisotopic (exact) mass is 222 g/mol. The van der Waals surface area contributed by atoms with Crippen molar-refractivity contribution >= 4 is 11.8 Å². The molecule has 1 aliphatic rings. The number of benzene rings is 1. The molecule has 2 atom stereocenters. The van der Waals surface area contributed by atoms with Crippen molar-refractivity contribution in [3.63, 3.8) is 0 Å². The van der Waals surface area contributed by atoms with Gasteiger partial charge in [-0.2, -0.15) is 11.8 Å². The van der Waals surface area contributed by atoms with E-state index in [9.17, 15) is 5.11 Å². The fraction of sp³-hybridized carbons (Fsp3) is 0.538. The topological polar surface area (TPSA) is 20.2 Å². The van der Waals surface area contributed by atoms with Gasteiger partial charge in [-0.05, 0) is 53.9 Å². The average Bonchev–Trinajstić information content (AvgIpc) is 2.30. The highest BCUT2D eigenvalue weighted by molar-refractivity contribution is 7.99. The largest absolute Gasteiger partial charge is 0.508 e. The minimum absolute atomic E-state index is 0.365. The van der Waals surface area contributed by atoms with Gasteiger partial charge in [0.1, 0.15) is 5.75 Å². The second-order valence-electron chi connectivity index (χ2n) is 4.36. The van der Waals surface area contributed by atoms with E-state index in [4.69, 9.17) is 0 Å². The summed E-state index contributed by atoms with van der Waals surface area (Å²) in [5, 5.41) is 9.24. The van der Waals surface area contributed by atoms with Crippen LogP contribution in [0.15, 0.2) is 24.3 Å². The number of rotatable bonds is 2. The van der Waals surface area contributed by atoms with E-state index in [1.807, 2.05) is 0 Å². The number of phenols is 1. The molecule has 1 nitrogen and oxygen atoms in total. The first-order valence-corrected chi connectivity index (χ1v) is 6.79. The standard InChI is InChI=1S/C13H18OS/c1-10(12-3-2-8-15-9-12)11-4-6-13(14)7-5-11/h4-7,10,12,14H,2-3,8-9H2,1H3. The van der Waals surface area contributed by atoms with Crippen molar-refractivity contribution in [1.29, 1.82) is 0 Å². The molecule has 2 rings (SSSR count). The second kappa shape index (κ2) is 4.93. The Morgan fingerprint density at radius 1 is 1.33 bits per heavy atom. The predicted octanol–water partition coefficient (Wildman–Crippen LogP) is 3.64. The first-order valence-electron chi connectivity index (χ1n) is 5.64. The van der Waals surface area contributed by atoms with Gasteiger partial charge in [-0.1, -0.05) is 19.1 Å². The molecule has 0 aliphatic carbocycles. The van der Waals surface area contributed by atoms with Crippen molar-refractivity contribution in [3.05, 3.63) is 29.8 Å². The van der Waals surface area contributed by atoms with Crippen LogP contribution in [0.5, 0.6) is 5.75 Å². The minimum atomic E-state index is 0.365. The van der Waals surface area contributed by atoms with Gasteiger partial charge in [0.2, 0.25) is 0 Å². The molecule has 0 radical (unpaired) electrons. The van der Waals surface area contributed by atoms with Gasteiger partial charge >= 0.3 is 0 Å². The Hall–Kier alpha value is -0.630.